The first kappa shape index (κ1) is 15.2. The summed E-state index contributed by atoms with van der Waals surface area (Å²) in [4.78, 5) is 2.26. The first-order chi connectivity index (χ1) is 9.60. The fourth-order valence-electron chi connectivity index (χ4n) is 2.26. The molecule has 0 N–H and O–H groups in total. The highest BCUT2D eigenvalue weighted by atomic mass is 79.9. The summed E-state index contributed by atoms with van der Waals surface area (Å²) in [7, 11) is 2.11. The van der Waals surface area contributed by atoms with Crippen LogP contribution in [0.2, 0.25) is 0 Å². The van der Waals surface area contributed by atoms with Gasteiger partial charge in [0.15, 0.2) is 0 Å². The van der Waals surface area contributed by atoms with Crippen molar-refractivity contribution in [1.29, 1.82) is 0 Å². The van der Waals surface area contributed by atoms with Crippen molar-refractivity contribution in [3.63, 3.8) is 0 Å². The van der Waals surface area contributed by atoms with Gasteiger partial charge < -0.3 is 4.57 Å². The number of aryl methyl sites for hydroxylation is 1. The maximum atomic E-state index is 4.29. The second-order valence-corrected chi connectivity index (χ2v) is 6.03. The van der Waals surface area contributed by atoms with Gasteiger partial charge in [-0.25, -0.2) is 0 Å². The van der Waals surface area contributed by atoms with Gasteiger partial charge in [-0.3, -0.25) is 4.90 Å². The Labute approximate surface area is 128 Å². The first-order valence-electron chi connectivity index (χ1n) is 6.91. The number of hydrogen-bond donors (Lipinski definition) is 0. The predicted octanol–water partition coefficient (Wildman–Crippen LogP) is 3.39. The zero-order valence-corrected chi connectivity index (χ0v) is 13.9. The summed E-state index contributed by atoms with van der Waals surface area (Å²) in [6, 6.07) is 8.44. The Kier molecular flexibility index (Phi) is 5.31. The molecule has 0 aliphatic heterocycles. The molecule has 1 aromatic carbocycles. The molecule has 0 unspecified atom stereocenters. The fraction of sp³-hybridized carbons (Fsp3) is 0.467. The molecule has 0 aliphatic carbocycles. The van der Waals surface area contributed by atoms with Crippen LogP contribution in [0.15, 0.2) is 28.7 Å². The molecule has 0 saturated heterocycles. The maximum Gasteiger partial charge on any atom is 0.147 e. The molecule has 2 rings (SSSR count). The standard InChI is InChI=1S/C15H21BrN4/c1-4-9-20-12(2)17-18-15(20)11-19(3)10-13-5-7-14(16)8-6-13/h5-8H,4,9-11H2,1-3H3. The van der Waals surface area contributed by atoms with E-state index >= 15 is 0 Å². The Hall–Kier alpha value is -1.20. The van der Waals surface area contributed by atoms with Crippen molar-refractivity contribution in [2.24, 2.45) is 0 Å². The molecule has 1 heterocycles. The van der Waals surface area contributed by atoms with Crippen LogP contribution in [-0.2, 0) is 19.6 Å². The van der Waals surface area contributed by atoms with Gasteiger partial charge in [-0.1, -0.05) is 35.0 Å². The van der Waals surface area contributed by atoms with Crippen LogP contribution in [0.1, 0.15) is 30.6 Å². The average Bonchev–Trinajstić information content (AvgIpc) is 2.75. The fourth-order valence-corrected chi connectivity index (χ4v) is 2.52. The highest BCUT2D eigenvalue weighted by molar-refractivity contribution is 9.10. The van der Waals surface area contributed by atoms with Gasteiger partial charge in [-0.2, -0.15) is 0 Å². The van der Waals surface area contributed by atoms with Crippen LogP contribution in [0.25, 0.3) is 0 Å². The SMILES string of the molecule is CCCn1c(C)nnc1CN(C)Cc1ccc(Br)cc1. The van der Waals surface area contributed by atoms with E-state index in [0.29, 0.717) is 0 Å². The van der Waals surface area contributed by atoms with E-state index in [1.165, 1.54) is 5.56 Å². The molecular weight excluding hydrogens is 316 g/mol. The van der Waals surface area contributed by atoms with E-state index in [0.717, 1.165) is 42.2 Å². The summed E-state index contributed by atoms with van der Waals surface area (Å²) in [5, 5.41) is 8.48. The molecule has 0 radical (unpaired) electrons. The smallest absolute Gasteiger partial charge is 0.147 e. The van der Waals surface area contributed by atoms with Crippen molar-refractivity contribution in [3.05, 3.63) is 46.0 Å². The molecule has 0 aliphatic rings. The monoisotopic (exact) mass is 336 g/mol. The molecule has 0 saturated carbocycles. The molecule has 0 bridgehead atoms. The lowest BCUT2D eigenvalue weighted by molar-refractivity contribution is 0.304. The lowest BCUT2D eigenvalue weighted by Crippen LogP contribution is -2.20. The Morgan fingerprint density at radius 2 is 1.85 bits per heavy atom. The second-order valence-electron chi connectivity index (χ2n) is 5.11. The molecule has 5 heteroatoms. The van der Waals surface area contributed by atoms with Crippen LogP contribution in [-0.4, -0.2) is 26.7 Å². The number of aromatic nitrogens is 3. The van der Waals surface area contributed by atoms with Crippen molar-refractivity contribution >= 4 is 15.9 Å². The number of hydrogen-bond acceptors (Lipinski definition) is 3. The summed E-state index contributed by atoms with van der Waals surface area (Å²) >= 11 is 3.46. The van der Waals surface area contributed by atoms with Gasteiger partial charge in [0.2, 0.25) is 0 Å². The van der Waals surface area contributed by atoms with E-state index in [4.69, 9.17) is 0 Å². The third-order valence-electron chi connectivity index (χ3n) is 3.24. The molecule has 0 atom stereocenters. The molecule has 108 valence electrons. The predicted molar refractivity (Wildman–Crippen MR) is 84.4 cm³/mol. The van der Waals surface area contributed by atoms with Gasteiger partial charge in [-0.05, 0) is 38.1 Å². The summed E-state index contributed by atoms with van der Waals surface area (Å²) in [5.74, 6) is 2.04. The van der Waals surface area contributed by atoms with Crippen molar-refractivity contribution in [1.82, 2.24) is 19.7 Å². The van der Waals surface area contributed by atoms with E-state index in [-0.39, 0.29) is 0 Å². The van der Waals surface area contributed by atoms with Crippen molar-refractivity contribution in [3.8, 4) is 0 Å². The normalized spacial score (nSPS) is 11.2. The van der Waals surface area contributed by atoms with Gasteiger partial charge in [-0.15, -0.1) is 10.2 Å². The number of benzene rings is 1. The second kappa shape index (κ2) is 6.99. The molecule has 0 fully saturated rings. The molecule has 20 heavy (non-hydrogen) atoms. The third-order valence-corrected chi connectivity index (χ3v) is 3.77. The third kappa shape index (κ3) is 3.90. The van der Waals surface area contributed by atoms with Crippen molar-refractivity contribution < 1.29 is 0 Å². The average molecular weight is 337 g/mol. The van der Waals surface area contributed by atoms with Gasteiger partial charge in [0.1, 0.15) is 11.6 Å². The zero-order valence-electron chi connectivity index (χ0n) is 12.3. The summed E-state index contributed by atoms with van der Waals surface area (Å²) < 4.78 is 3.32. The Morgan fingerprint density at radius 3 is 2.50 bits per heavy atom. The molecule has 0 spiro atoms. The van der Waals surface area contributed by atoms with Gasteiger partial charge in [0.25, 0.3) is 0 Å². The molecule has 1 aromatic heterocycles. The number of nitrogens with zero attached hydrogens (tertiary/aromatic N) is 4. The highest BCUT2D eigenvalue weighted by Gasteiger charge is 2.10. The van der Waals surface area contributed by atoms with Gasteiger partial charge in [0, 0.05) is 17.6 Å². The molecule has 2 aromatic rings. The van der Waals surface area contributed by atoms with Crippen LogP contribution in [0.3, 0.4) is 0 Å². The number of rotatable bonds is 6. The van der Waals surface area contributed by atoms with Gasteiger partial charge in [0.05, 0.1) is 6.54 Å². The van der Waals surface area contributed by atoms with Crippen molar-refractivity contribution in [2.75, 3.05) is 7.05 Å². The van der Waals surface area contributed by atoms with E-state index < -0.39 is 0 Å². The lowest BCUT2D eigenvalue weighted by Gasteiger charge is -2.17. The summed E-state index contributed by atoms with van der Waals surface area (Å²) in [5.41, 5.74) is 1.30. The minimum Gasteiger partial charge on any atom is -0.314 e. The minimum absolute atomic E-state index is 0.816. The molecule has 0 amide bonds. The Morgan fingerprint density at radius 1 is 1.15 bits per heavy atom. The van der Waals surface area contributed by atoms with Crippen LogP contribution >= 0.6 is 15.9 Å². The van der Waals surface area contributed by atoms with Crippen LogP contribution in [0.4, 0.5) is 0 Å². The van der Waals surface area contributed by atoms with E-state index in [2.05, 4.69) is 73.8 Å². The van der Waals surface area contributed by atoms with E-state index in [1.54, 1.807) is 0 Å². The zero-order chi connectivity index (χ0) is 14.5. The van der Waals surface area contributed by atoms with Crippen LogP contribution in [0, 0.1) is 6.92 Å². The van der Waals surface area contributed by atoms with Crippen LogP contribution in [0.5, 0.6) is 0 Å². The maximum absolute atomic E-state index is 4.29. The minimum atomic E-state index is 0.816. The lowest BCUT2D eigenvalue weighted by atomic mass is 10.2. The Balaban J connectivity index is 2.00. The summed E-state index contributed by atoms with van der Waals surface area (Å²) in [6.45, 7) is 6.90. The molecule has 4 nitrogen and oxygen atoms in total. The molecular formula is C15H21BrN4. The van der Waals surface area contributed by atoms with E-state index in [1.807, 2.05) is 6.92 Å². The van der Waals surface area contributed by atoms with Crippen LogP contribution < -0.4 is 0 Å². The quantitative estimate of drug-likeness (QED) is 0.810. The van der Waals surface area contributed by atoms with Crippen molar-refractivity contribution in [2.45, 2.75) is 39.9 Å². The Bertz CT molecular complexity index is 548. The van der Waals surface area contributed by atoms with E-state index in [9.17, 15) is 0 Å². The highest BCUT2D eigenvalue weighted by Crippen LogP contribution is 2.13. The first-order valence-corrected chi connectivity index (χ1v) is 7.71. The van der Waals surface area contributed by atoms with Gasteiger partial charge >= 0.3 is 0 Å². The topological polar surface area (TPSA) is 34.0 Å². The largest absolute Gasteiger partial charge is 0.314 e. The number of halogens is 1. The summed E-state index contributed by atoms with van der Waals surface area (Å²) in [6.07, 6.45) is 1.10.